The Morgan fingerprint density at radius 3 is 3.05 bits per heavy atom. The molecule has 3 rings (SSSR count). The Morgan fingerprint density at radius 1 is 1.42 bits per heavy atom. The Bertz CT molecular complexity index is 782. The molecule has 0 N–H and O–H groups in total. The van der Waals surface area contributed by atoms with Crippen molar-refractivity contribution in [2.75, 3.05) is 6.61 Å². The number of fused-ring (bicyclic) bond motifs is 3. The summed E-state index contributed by atoms with van der Waals surface area (Å²) in [4.78, 5) is 17.0. The van der Waals surface area contributed by atoms with Crippen LogP contribution in [0.1, 0.15) is 16.6 Å². The van der Waals surface area contributed by atoms with Gasteiger partial charge in [-0.2, -0.15) is 0 Å². The molecule has 1 aromatic carbocycles. The second-order valence-electron chi connectivity index (χ2n) is 4.29. The van der Waals surface area contributed by atoms with E-state index < -0.39 is 0 Å². The molecule has 0 saturated heterocycles. The summed E-state index contributed by atoms with van der Waals surface area (Å²) in [5.41, 5.74) is 1.93. The van der Waals surface area contributed by atoms with Gasteiger partial charge in [0, 0.05) is 16.3 Å². The summed E-state index contributed by atoms with van der Waals surface area (Å²) in [5, 5.41) is 2.20. The van der Waals surface area contributed by atoms with E-state index in [2.05, 4.69) is 4.98 Å². The molecule has 2 heterocycles. The second-order valence-corrected chi connectivity index (χ2v) is 5.34. The summed E-state index contributed by atoms with van der Waals surface area (Å²) in [7, 11) is 1.97. The van der Waals surface area contributed by atoms with Gasteiger partial charge in [-0.15, -0.1) is 11.3 Å². The number of aromatic nitrogens is 1. The smallest absolute Gasteiger partial charge is 0.347 e. The van der Waals surface area contributed by atoms with E-state index in [0.717, 1.165) is 26.5 Å². The number of carbonyl (C=O) groups is 1. The van der Waals surface area contributed by atoms with Crippen molar-refractivity contribution in [3.05, 3.63) is 35.3 Å². The SMILES string of the molecule is Bc1c(C(=O)OCC)sc2ccc3ncccc3c12. The van der Waals surface area contributed by atoms with Gasteiger partial charge >= 0.3 is 5.97 Å². The van der Waals surface area contributed by atoms with E-state index in [1.54, 1.807) is 6.20 Å². The average Bonchev–Trinajstić information content (AvgIpc) is 2.77. The Balaban J connectivity index is 2.32. The van der Waals surface area contributed by atoms with Gasteiger partial charge in [0.15, 0.2) is 0 Å². The molecule has 0 spiro atoms. The first-order chi connectivity index (χ1) is 9.22. The number of thiophene rings is 1. The van der Waals surface area contributed by atoms with Crippen LogP contribution in [0, 0.1) is 0 Å². The number of rotatable bonds is 2. The van der Waals surface area contributed by atoms with E-state index >= 15 is 0 Å². The quantitative estimate of drug-likeness (QED) is 0.526. The Kier molecular flexibility index (Phi) is 2.99. The van der Waals surface area contributed by atoms with Gasteiger partial charge in [0.1, 0.15) is 12.7 Å². The molecule has 5 heteroatoms. The van der Waals surface area contributed by atoms with E-state index in [0.29, 0.717) is 11.5 Å². The molecule has 0 radical (unpaired) electrons. The van der Waals surface area contributed by atoms with Crippen LogP contribution in [0.25, 0.3) is 21.0 Å². The van der Waals surface area contributed by atoms with Crippen molar-refractivity contribution in [3.8, 4) is 0 Å². The molecule has 94 valence electrons. The fourth-order valence-corrected chi connectivity index (χ4v) is 3.41. The van der Waals surface area contributed by atoms with Crippen LogP contribution in [0.15, 0.2) is 30.5 Å². The topological polar surface area (TPSA) is 39.2 Å². The van der Waals surface area contributed by atoms with Crippen LogP contribution in [-0.4, -0.2) is 25.4 Å². The van der Waals surface area contributed by atoms with Crippen molar-refractivity contribution < 1.29 is 9.53 Å². The molecule has 0 amide bonds. The molecule has 0 atom stereocenters. The molecule has 3 nitrogen and oxygen atoms in total. The van der Waals surface area contributed by atoms with Crippen LogP contribution in [0.5, 0.6) is 0 Å². The third kappa shape index (κ3) is 1.90. The van der Waals surface area contributed by atoms with E-state index in [9.17, 15) is 4.79 Å². The largest absolute Gasteiger partial charge is 0.462 e. The van der Waals surface area contributed by atoms with Gasteiger partial charge in [-0.1, -0.05) is 11.5 Å². The minimum absolute atomic E-state index is 0.238. The zero-order valence-electron chi connectivity index (χ0n) is 10.8. The number of hydrogen-bond acceptors (Lipinski definition) is 4. The predicted octanol–water partition coefficient (Wildman–Crippen LogP) is 1.88. The van der Waals surface area contributed by atoms with E-state index in [4.69, 9.17) is 4.74 Å². The highest BCUT2D eigenvalue weighted by molar-refractivity contribution is 7.22. The van der Waals surface area contributed by atoms with E-state index in [1.807, 2.05) is 39.0 Å². The molecule has 0 saturated carbocycles. The minimum atomic E-state index is -0.238. The first-order valence-corrected chi connectivity index (χ1v) is 6.98. The van der Waals surface area contributed by atoms with Gasteiger partial charge in [0.2, 0.25) is 0 Å². The summed E-state index contributed by atoms with van der Waals surface area (Å²) in [5.74, 6) is -0.238. The fourth-order valence-electron chi connectivity index (χ4n) is 2.30. The maximum absolute atomic E-state index is 11.9. The van der Waals surface area contributed by atoms with E-state index in [-0.39, 0.29) is 5.97 Å². The number of esters is 1. The molecular formula is C14H12BNO2S. The van der Waals surface area contributed by atoms with Gasteiger partial charge in [-0.05, 0) is 30.5 Å². The van der Waals surface area contributed by atoms with Crippen molar-refractivity contribution in [1.29, 1.82) is 0 Å². The molecule has 0 aliphatic carbocycles. The Labute approximate surface area is 115 Å². The Morgan fingerprint density at radius 2 is 2.26 bits per heavy atom. The van der Waals surface area contributed by atoms with Gasteiger partial charge in [0.25, 0.3) is 0 Å². The zero-order chi connectivity index (χ0) is 13.4. The average molecular weight is 269 g/mol. The molecule has 2 aromatic heterocycles. The molecule has 0 aliphatic rings. The maximum Gasteiger partial charge on any atom is 0.347 e. The van der Waals surface area contributed by atoms with Crippen molar-refractivity contribution in [2.45, 2.75) is 6.92 Å². The third-order valence-corrected chi connectivity index (χ3v) is 4.37. The summed E-state index contributed by atoms with van der Waals surface area (Å²) in [6.45, 7) is 2.22. The molecular weight excluding hydrogens is 257 g/mol. The minimum Gasteiger partial charge on any atom is -0.462 e. The molecule has 0 unspecified atom stereocenters. The number of ether oxygens (including phenoxy) is 1. The third-order valence-electron chi connectivity index (χ3n) is 3.14. The lowest BCUT2D eigenvalue weighted by atomic mass is 9.90. The lowest BCUT2D eigenvalue weighted by Gasteiger charge is -2.01. The summed E-state index contributed by atoms with van der Waals surface area (Å²) >= 11 is 1.48. The normalized spacial score (nSPS) is 11.0. The summed E-state index contributed by atoms with van der Waals surface area (Å²) in [6, 6.07) is 7.97. The van der Waals surface area contributed by atoms with Gasteiger partial charge in [0.05, 0.1) is 12.1 Å². The van der Waals surface area contributed by atoms with Crippen molar-refractivity contribution in [1.82, 2.24) is 4.98 Å². The monoisotopic (exact) mass is 269 g/mol. The van der Waals surface area contributed by atoms with Crippen LogP contribution in [0.2, 0.25) is 0 Å². The number of hydrogen-bond donors (Lipinski definition) is 0. The van der Waals surface area contributed by atoms with Crippen LogP contribution in [0.4, 0.5) is 0 Å². The molecule has 0 fully saturated rings. The highest BCUT2D eigenvalue weighted by Gasteiger charge is 2.17. The Hall–Kier alpha value is -1.88. The van der Waals surface area contributed by atoms with Gasteiger partial charge in [-0.25, -0.2) is 4.79 Å². The number of carbonyl (C=O) groups excluding carboxylic acids is 1. The van der Waals surface area contributed by atoms with Crippen molar-refractivity contribution >= 4 is 51.6 Å². The number of pyridine rings is 1. The lowest BCUT2D eigenvalue weighted by molar-refractivity contribution is 0.0533. The summed E-state index contributed by atoms with van der Waals surface area (Å²) < 4.78 is 6.20. The molecule has 0 bridgehead atoms. The summed E-state index contributed by atoms with van der Waals surface area (Å²) in [6.07, 6.45) is 1.78. The standard InChI is InChI=1S/C14H12BNO2S/c1-2-18-14(17)13-12(15)11-8-4-3-7-16-9(8)5-6-10(11)19-13/h3-7H,2,15H2,1H3. The number of benzene rings is 1. The maximum atomic E-state index is 11.9. The van der Waals surface area contributed by atoms with Crippen LogP contribution in [-0.2, 0) is 4.74 Å². The highest BCUT2D eigenvalue weighted by Crippen LogP contribution is 2.29. The van der Waals surface area contributed by atoms with Gasteiger partial charge in [-0.3, -0.25) is 4.98 Å². The number of nitrogens with zero attached hydrogens (tertiary/aromatic N) is 1. The fraction of sp³-hybridized carbons (Fsp3) is 0.143. The van der Waals surface area contributed by atoms with Crippen molar-refractivity contribution in [2.24, 2.45) is 0 Å². The van der Waals surface area contributed by atoms with Crippen LogP contribution < -0.4 is 5.46 Å². The first-order valence-electron chi connectivity index (χ1n) is 6.16. The molecule has 19 heavy (non-hydrogen) atoms. The second kappa shape index (κ2) is 4.66. The molecule has 3 aromatic rings. The lowest BCUT2D eigenvalue weighted by Crippen LogP contribution is -2.14. The highest BCUT2D eigenvalue weighted by atomic mass is 32.1. The van der Waals surface area contributed by atoms with Crippen LogP contribution >= 0.6 is 11.3 Å². The van der Waals surface area contributed by atoms with Crippen molar-refractivity contribution in [3.63, 3.8) is 0 Å². The van der Waals surface area contributed by atoms with Crippen LogP contribution in [0.3, 0.4) is 0 Å². The van der Waals surface area contributed by atoms with Gasteiger partial charge < -0.3 is 4.74 Å². The predicted molar refractivity (Wildman–Crippen MR) is 81.3 cm³/mol. The van der Waals surface area contributed by atoms with E-state index in [1.165, 1.54) is 11.3 Å². The molecule has 0 aliphatic heterocycles. The first kappa shape index (κ1) is 12.2. The zero-order valence-corrected chi connectivity index (χ0v) is 11.6.